The number of nitrogens with zero attached hydrogens (tertiary/aromatic N) is 1. The molecule has 0 aliphatic heterocycles. The van der Waals surface area contributed by atoms with Crippen LogP contribution >= 0.6 is 0 Å². The number of hydrogen-bond acceptors (Lipinski definition) is 3. The normalized spacial score (nSPS) is 11.9. The highest BCUT2D eigenvalue weighted by molar-refractivity contribution is 5.85. The Labute approximate surface area is 95.7 Å². The largest absolute Gasteiger partial charge is 0.321 e. The van der Waals surface area contributed by atoms with Crippen molar-refractivity contribution in [1.29, 1.82) is 0 Å². The first-order valence-corrected chi connectivity index (χ1v) is 5.06. The molecule has 16 heavy (non-hydrogen) atoms. The van der Waals surface area contributed by atoms with Crippen molar-refractivity contribution in [2.24, 2.45) is 10.7 Å². The Morgan fingerprint density at radius 1 is 1.50 bits per heavy atom. The first-order chi connectivity index (χ1) is 7.56. The third-order valence-corrected chi connectivity index (χ3v) is 2.44. The third-order valence-electron chi connectivity index (χ3n) is 2.44. The van der Waals surface area contributed by atoms with Crippen molar-refractivity contribution in [2.45, 2.75) is 19.4 Å². The van der Waals surface area contributed by atoms with Crippen molar-refractivity contribution in [3.05, 3.63) is 36.4 Å². The van der Waals surface area contributed by atoms with Gasteiger partial charge in [-0.2, -0.15) is 0 Å². The van der Waals surface area contributed by atoms with Gasteiger partial charge in [-0.1, -0.05) is 24.8 Å². The summed E-state index contributed by atoms with van der Waals surface area (Å²) in [7, 11) is 0. The van der Waals surface area contributed by atoms with Crippen molar-refractivity contribution >= 4 is 23.8 Å². The van der Waals surface area contributed by atoms with Crippen molar-refractivity contribution in [3.63, 3.8) is 0 Å². The molecule has 1 atom stereocenters. The maximum absolute atomic E-state index is 11.1. The minimum absolute atomic E-state index is 0.0369. The summed E-state index contributed by atoms with van der Waals surface area (Å²) in [5, 5.41) is 0. The summed E-state index contributed by atoms with van der Waals surface area (Å²) in [5.74, 6) is -0.0369. The molecule has 0 spiro atoms. The van der Waals surface area contributed by atoms with Crippen LogP contribution < -0.4 is 5.73 Å². The highest BCUT2D eigenvalue weighted by Gasteiger charge is 2.12. The zero-order valence-electron chi connectivity index (χ0n) is 9.44. The van der Waals surface area contributed by atoms with E-state index in [4.69, 9.17) is 5.73 Å². The lowest BCUT2D eigenvalue weighted by atomic mass is 9.97. The van der Waals surface area contributed by atoms with Crippen LogP contribution in [0.4, 0.5) is 5.69 Å². The molecule has 0 aliphatic rings. The number of para-hydroxylation sites is 1. The van der Waals surface area contributed by atoms with Gasteiger partial charge in [0.25, 0.3) is 0 Å². The number of ketones is 1. The Balaban J connectivity index is 2.88. The van der Waals surface area contributed by atoms with Gasteiger partial charge in [-0.05, 0) is 31.7 Å². The Kier molecular flexibility index (Phi) is 4.14. The quantitative estimate of drug-likeness (QED) is 0.768. The van der Waals surface area contributed by atoms with E-state index in [1.807, 2.05) is 24.3 Å². The van der Waals surface area contributed by atoms with Gasteiger partial charge < -0.3 is 5.73 Å². The summed E-state index contributed by atoms with van der Waals surface area (Å²) in [6.45, 7) is 8.92. The average Bonchev–Trinajstić information content (AvgIpc) is 2.28. The molecule has 0 saturated heterocycles. The summed E-state index contributed by atoms with van der Waals surface area (Å²) < 4.78 is 0. The molecule has 0 aromatic heterocycles. The van der Waals surface area contributed by atoms with Crippen molar-refractivity contribution in [1.82, 2.24) is 0 Å². The molecule has 1 aromatic rings. The first kappa shape index (κ1) is 12.3. The molecule has 0 amide bonds. The van der Waals surface area contributed by atoms with Gasteiger partial charge in [-0.15, -0.1) is 0 Å². The fraction of sp³-hybridized carbons (Fsp3) is 0.231. The Morgan fingerprint density at radius 3 is 2.69 bits per heavy atom. The van der Waals surface area contributed by atoms with Crippen molar-refractivity contribution < 1.29 is 4.79 Å². The predicted octanol–water partition coefficient (Wildman–Crippen LogP) is 2.34. The molecule has 0 bridgehead atoms. The monoisotopic (exact) mass is 216 g/mol. The standard InChI is InChI=1S/C13H16N2O/c1-9(8-12(14)10(2)16)11-6-4-5-7-13(11)15-3/h4-7,12H,1,3,8,14H2,2H3. The van der Waals surface area contributed by atoms with E-state index in [0.717, 1.165) is 16.8 Å². The molecule has 0 radical (unpaired) electrons. The van der Waals surface area contributed by atoms with Gasteiger partial charge >= 0.3 is 0 Å². The molecular weight excluding hydrogens is 200 g/mol. The van der Waals surface area contributed by atoms with Crippen LogP contribution in [0.25, 0.3) is 5.57 Å². The highest BCUT2D eigenvalue weighted by atomic mass is 16.1. The molecule has 0 saturated carbocycles. The van der Waals surface area contributed by atoms with E-state index in [9.17, 15) is 4.79 Å². The van der Waals surface area contributed by atoms with Crippen LogP contribution in [-0.4, -0.2) is 18.5 Å². The lowest BCUT2D eigenvalue weighted by Crippen LogP contribution is -2.28. The highest BCUT2D eigenvalue weighted by Crippen LogP contribution is 2.27. The minimum Gasteiger partial charge on any atom is -0.321 e. The van der Waals surface area contributed by atoms with Crippen LogP contribution in [0.2, 0.25) is 0 Å². The van der Waals surface area contributed by atoms with E-state index in [1.54, 1.807) is 0 Å². The predicted molar refractivity (Wildman–Crippen MR) is 68.0 cm³/mol. The number of hydrogen-bond donors (Lipinski definition) is 1. The van der Waals surface area contributed by atoms with Gasteiger partial charge in [0.2, 0.25) is 0 Å². The number of Topliss-reactive ketones (excluding diaryl/α,β-unsaturated/α-hetero) is 1. The second kappa shape index (κ2) is 5.37. The fourth-order valence-electron chi connectivity index (χ4n) is 1.43. The second-order valence-electron chi connectivity index (χ2n) is 3.70. The van der Waals surface area contributed by atoms with Gasteiger partial charge in [0.1, 0.15) is 5.78 Å². The van der Waals surface area contributed by atoms with E-state index in [-0.39, 0.29) is 5.78 Å². The molecular formula is C13H16N2O. The first-order valence-electron chi connectivity index (χ1n) is 5.06. The Hall–Kier alpha value is -1.74. The molecule has 1 rings (SSSR count). The van der Waals surface area contributed by atoms with Crippen LogP contribution in [0.1, 0.15) is 18.9 Å². The summed E-state index contributed by atoms with van der Waals surface area (Å²) >= 11 is 0. The summed E-state index contributed by atoms with van der Waals surface area (Å²) in [5.41, 5.74) is 8.16. The average molecular weight is 216 g/mol. The number of benzene rings is 1. The van der Waals surface area contributed by atoms with Crippen molar-refractivity contribution in [3.8, 4) is 0 Å². The topological polar surface area (TPSA) is 55.4 Å². The SMILES string of the molecule is C=Nc1ccccc1C(=C)CC(N)C(C)=O. The third kappa shape index (κ3) is 2.87. The van der Waals surface area contributed by atoms with Gasteiger partial charge in [0, 0.05) is 5.56 Å². The second-order valence-corrected chi connectivity index (χ2v) is 3.70. The Morgan fingerprint density at radius 2 is 2.12 bits per heavy atom. The molecule has 3 nitrogen and oxygen atoms in total. The lowest BCUT2D eigenvalue weighted by Gasteiger charge is -2.12. The summed E-state index contributed by atoms with van der Waals surface area (Å²) in [6.07, 6.45) is 0.446. The Bertz CT molecular complexity index is 424. The molecule has 3 heteroatoms. The van der Waals surface area contributed by atoms with Crippen molar-refractivity contribution in [2.75, 3.05) is 0 Å². The fourth-order valence-corrected chi connectivity index (χ4v) is 1.43. The van der Waals surface area contributed by atoms with Gasteiger partial charge in [-0.3, -0.25) is 9.79 Å². The lowest BCUT2D eigenvalue weighted by molar-refractivity contribution is -0.118. The number of carbonyl (C=O) groups excluding carboxylic acids is 1. The maximum atomic E-state index is 11.1. The van der Waals surface area contributed by atoms with Crippen LogP contribution in [0.15, 0.2) is 35.8 Å². The number of aliphatic imine (C=N–C) groups is 1. The number of rotatable bonds is 5. The molecule has 1 unspecified atom stereocenters. The van der Waals surface area contributed by atoms with E-state index >= 15 is 0 Å². The van der Waals surface area contributed by atoms with E-state index in [2.05, 4.69) is 18.3 Å². The zero-order chi connectivity index (χ0) is 12.1. The van der Waals surface area contributed by atoms with E-state index in [1.165, 1.54) is 6.92 Å². The maximum Gasteiger partial charge on any atom is 0.146 e. The molecule has 0 fully saturated rings. The summed E-state index contributed by atoms with van der Waals surface area (Å²) in [6, 6.07) is 7.04. The zero-order valence-corrected chi connectivity index (χ0v) is 9.44. The van der Waals surface area contributed by atoms with Gasteiger partial charge in [0.15, 0.2) is 0 Å². The number of nitrogens with two attached hydrogens (primary N) is 1. The van der Waals surface area contributed by atoms with E-state index in [0.29, 0.717) is 6.42 Å². The molecule has 1 aromatic carbocycles. The number of carbonyl (C=O) groups is 1. The summed E-state index contributed by atoms with van der Waals surface area (Å²) in [4.78, 5) is 15.0. The molecule has 84 valence electrons. The minimum atomic E-state index is -0.495. The van der Waals surface area contributed by atoms with Crippen LogP contribution in [0.3, 0.4) is 0 Å². The molecule has 0 heterocycles. The molecule has 2 N–H and O–H groups in total. The smallest absolute Gasteiger partial charge is 0.146 e. The molecule has 0 aliphatic carbocycles. The van der Waals surface area contributed by atoms with Crippen LogP contribution in [0.5, 0.6) is 0 Å². The van der Waals surface area contributed by atoms with Crippen LogP contribution in [0, 0.1) is 0 Å². The van der Waals surface area contributed by atoms with Gasteiger partial charge in [0.05, 0.1) is 11.7 Å². The van der Waals surface area contributed by atoms with Gasteiger partial charge in [-0.25, -0.2) is 0 Å². The van der Waals surface area contributed by atoms with Crippen LogP contribution in [-0.2, 0) is 4.79 Å². The van der Waals surface area contributed by atoms with E-state index < -0.39 is 6.04 Å².